The Hall–Kier alpha value is -2.73. The van der Waals surface area contributed by atoms with Crippen molar-refractivity contribution in [1.29, 1.82) is 0 Å². The van der Waals surface area contributed by atoms with Crippen LogP contribution in [0.4, 0.5) is 9.52 Å². The first kappa shape index (κ1) is 17.1. The van der Waals surface area contributed by atoms with Gasteiger partial charge < -0.3 is 10.4 Å². The number of aliphatic carboxylic acids is 1. The molecule has 0 fully saturated rings. The molecular formula is C19H17FN2O2S. The molecule has 0 saturated heterocycles. The fourth-order valence-corrected chi connectivity index (χ4v) is 3.30. The summed E-state index contributed by atoms with van der Waals surface area (Å²) in [4.78, 5) is 15.2. The Balaban J connectivity index is 1.72. The number of anilines is 1. The molecule has 0 aliphatic heterocycles. The van der Waals surface area contributed by atoms with E-state index < -0.39 is 5.97 Å². The fraction of sp³-hybridized carbons (Fsp3) is 0.158. The summed E-state index contributed by atoms with van der Waals surface area (Å²) in [5.74, 6) is -1.09. The molecule has 0 amide bonds. The Kier molecular flexibility index (Phi) is 5.09. The van der Waals surface area contributed by atoms with Gasteiger partial charge in [-0.1, -0.05) is 36.4 Å². The standard InChI is InChI=1S/C19H17FN2O2S/c1-12(10-18(23)24)21-19-22-17(11-25-19)15-4-2-13(3-5-15)14-6-8-16(20)9-7-14/h2-9,11-12H,10H2,1H3,(H,21,22)(H,23,24). The lowest BCUT2D eigenvalue weighted by atomic mass is 10.0. The molecule has 6 heteroatoms. The maximum atomic E-state index is 13.0. The Morgan fingerprint density at radius 3 is 2.28 bits per heavy atom. The molecule has 1 heterocycles. The number of carboxylic acids is 1. The number of nitrogens with one attached hydrogen (secondary N) is 1. The Labute approximate surface area is 149 Å². The third kappa shape index (κ3) is 4.42. The van der Waals surface area contributed by atoms with Crippen molar-refractivity contribution in [2.45, 2.75) is 19.4 Å². The zero-order valence-electron chi connectivity index (χ0n) is 13.6. The third-order valence-corrected chi connectivity index (χ3v) is 4.49. The van der Waals surface area contributed by atoms with E-state index in [0.29, 0.717) is 5.13 Å². The second-order valence-corrected chi connectivity index (χ2v) is 6.62. The second-order valence-electron chi connectivity index (χ2n) is 5.77. The summed E-state index contributed by atoms with van der Waals surface area (Å²) >= 11 is 1.45. The van der Waals surface area contributed by atoms with E-state index in [9.17, 15) is 9.18 Å². The van der Waals surface area contributed by atoms with Crippen LogP contribution in [-0.4, -0.2) is 22.1 Å². The number of carboxylic acid groups (broad SMARTS) is 1. The monoisotopic (exact) mass is 356 g/mol. The van der Waals surface area contributed by atoms with Gasteiger partial charge in [0, 0.05) is 17.0 Å². The summed E-state index contributed by atoms with van der Waals surface area (Å²) in [6, 6.07) is 14.1. The van der Waals surface area contributed by atoms with Crippen molar-refractivity contribution in [2.75, 3.05) is 5.32 Å². The molecule has 2 aromatic carbocycles. The lowest BCUT2D eigenvalue weighted by Gasteiger charge is -2.09. The summed E-state index contributed by atoms with van der Waals surface area (Å²) in [6.45, 7) is 1.81. The molecule has 3 aromatic rings. The zero-order valence-corrected chi connectivity index (χ0v) is 14.4. The quantitative estimate of drug-likeness (QED) is 0.660. The van der Waals surface area contributed by atoms with Gasteiger partial charge in [-0.2, -0.15) is 0 Å². The molecule has 1 atom stereocenters. The number of hydrogen-bond acceptors (Lipinski definition) is 4. The molecule has 4 nitrogen and oxygen atoms in total. The SMILES string of the molecule is CC(CC(=O)O)Nc1nc(-c2ccc(-c3ccc(F)cc3)cc2)cs1. The molecule has 0 bridgehead atoms. The second kappa shape index (κ2) is 7.44. The van der Waals surface area contributed by atoms with E-state index in [-0.39, 0.29) is 18.3 Å². The molecular weight excluding hydrogens is 339 g/mol. The molecule has 1 aromatic heterocycles. The number of halogens is 1. The highest BCUT2D eigenvalue weighted by atomic mass is 32.1. The van der Waals surface area contributed by atoms with Crippen LogP contribution in [0.2, 0.25) is 0 Å². The van der Waals surface area contributed by atoms with Gasteiger partial charge in [-0.25, -0.2) is 9.37 Å². The average molecular weight is 356 g/mol. The maximum absolute atomic E-state index is 13.0. The number of carbonyl (C=O) groups is 1. The maximum Gasteiger partial charge on any atom is 0.305 e. The summed E-state index contributed by atoms with van der Waals surface area (Å²) in [7, 11) is 0. The van der Waals surface area contributed by atoms with Crippen LogP contribution in [0, 0.1) is 5.82 Å². The lowest BCUT2D eigenvalue weighted by Crippen LogP contribution is -2.19. The summed E-state index contributed by atoms with van der Waals surface area (Å²) in [5, 5.41) is 14.5. The molecule has 0 radical (unpaired) electrons. The molecule has 0 spiro atoms. The van der Waals surface area contributed by atoms with E-state index in [2.05, 4.69) is 10.3 Å². The number of hydrogen-bond donors (Lipinski definition) is 2. The summed E-state index contributed by atoms with van der Waals surface area (Å²) < 4.78 is 13.0. The van der Waals surface area contributed by atoms with Crippen molar-refractivity contribution in [3.8, 4) is 22.4 Å². The van der Waals surface area contributed by atoms with Gasteiger partial charge in [0.2, 0.25) is 0 Å². The number of thiazole rings is 1. The minimum atomic E-state index is -0.840. The number of rotatable bonds is 6. The van der Waals surface area contributed by atoms with Gasteiger partial charge in [0.05, 0.1) is 12.1 Å². The van der Waals surface area contributed by atoms with Crippen LogP contribution < -0.4 is 5.32 Å². The Morgan fingerprint density at radius 2 is 1.68 bits per heavy atom. The molecule has 3 rings (SSSR count). The van der Waals surface area contributed by atoms with Crippen molar-refractivity contribution in [2.24, 2.45) is 0 Å². The van der Waals surface area contributed by atoms with Crippen LogP contribution in [0.5, 0.6) is 0 Å². The van der Waals surface area contributed by atoms with Crippen LogP contribution in [0.25, 0.3) is 22.4 Å². The average Bonchev–Trinajstić information content (AvgIpc) is 3.03. The van der Waals surface area contributed by atoms with E-state index in [1.165, 1.54) is 23.5 Å². The predicted molar refractivity (Wildman–Crippen MR) is 98.3 cm³/mol. The van der Waals surface area contributed by atoms with Gasteiger partial charge in [0.15, 0.2) is 5.13 Å². The van der Waals surface area contributed by atoms with Crippen molar-refractivity contribution in [3.05, 3.63) is 59.7 Å². The molecule has 128 valence electrons. The minimum absolute atomic E-state index is 0.0429. The Morgan fingerprint density at radius 1 is 1.12 bits per heavy atom. The Bertz CT molecular complexity index is 860. The minimum Gasteiger partial charge on any atom is -0.481 e. The van der Waals surface area contributed by atoms with Gasteiger partial charge in [0.25, 0.3) is 0 Å². The van der Waals surface area contributed by atoms with Crippen LogP contribution in [0.1, 0.15) is 13.3 Å². The molecule has 0 aliphatic carbocycles. The van der Waals surface area contributed by atoms with Crippen molar-refractivity contribution >= 4 is 22.4 Å². The number of nitrogens with zero attached hydrogens (tertiary/aromatic N) is 1. The topological polar surface area (TPSA) is 62.2 Å². The lowest BCUT2D eigenvalue weighted by molar-refractivity contribution is -0.137. The predicted octanol–water partition coefficient (Wildman–Crippen LogP) is 4.89. The van der Waals surface area contributed by atoms with Crippen LogP contribution in [0.3, 0.4) is 0 Å². The van der Waals surface area contributed by atoms with Gasteiger partial charge in [0.1, 0.15) is 5.82 Å². The summed E-state index contributed by atoms with van der Waals surface area (Å²) in [6.07, 6.45) is 0.0429. The smallest absolute Gasteiger partial charge is 0.305 e. The first-order valence-corrected chi connectivity index (χ1v) is 8.69. The largest absolute Gasteiger partial charge is 0.481 e. The fourth-order valence-electron chi connectivity index (χ4n) is 2.47. The highest BCUT2D eigenvalue weighted by Crippen LogP contribution is 2.28. The molecule has 1 unspecified atom stereocenters. The van der Waals surface area contributed by atoms with E-state index in [1.54, 1.807) is 12.1 Å². The molecule has 0 aliphatic rings. The normalized spacial score (nSPS) is 11.9. The van der Waals surface area contributed by atoms with Crippen LogP contribution in [-0.2, 0) is 4.79 Å². The molecule has 25 heavy (non-hydrogen) atoms. The van der Waals surface area contributed by atoms with Gasteiger partial charge in [-0.15, -0.1) is 11.3 Å². The van der Waals surface area contributed by atoms with Crippen molar-refractivity contribution < 1.29 is 14.3 Å². The molecule has 2 N–H and O–H groups in total. The van der Waals surface area contributed by atoms with Crippen LogP contribution in [0.15, 0.2) is 53.9 Å². The van der Waals surface area contributed by atoms with Gasteiger partial charge in [-0.3, -0.25) is 4.79 Å². The first-order chi connectivity index (χ1) is 12.0. The van der Waals surface area contributed by atoms with Crippen molar-refractivity contribution in [1.82, 2.24) is 4.98 Å². The van der Waals surface area contributed by atoms with E-state index in [4.69, 9.17) is 5.11 Å². The molecule has 0 saturated carbocycles. The summed E-state index contributed by atoms with van der Waals surface area (Å²) in [5.41, 5.74) is 3.77. The highest BCUT2D eigenvalue weighted by Gasteiger charge is 2.10. The van der Waals surface area contributed by atoms with Crippen molar-refractivity contribution in [3.63, 3.8) is 0 Å². The number of aromatic nitrogens is 1. The van der Waals surface area contributed by atoms with E-state index in [1.807, 2.05) is 36.6 Å². The van der Waals surface area contributed by atoms with E-state index in [0.717, 1.165) is 22.4 Å². The van der Waals surface area contributed by atoms with Crippen LogP contribution >= 0.6 is 11.3 Å². The zero-order chi connectivity index (χ0) is 17.8. The highest BCUT2D eigenvalue weighted by molar-refractivity contribution is 7.14. The van der Waals surface area contributed by atoms with Gasteiger partial charge in [-0.05, 0) is 30.2 Å². The van der Waals surface area contributed by atoms with Gasteiger partial charge >= 0.3 is 5.97 Å². The first-order valence-electron chi connectivity index (χ1n) is 7.81. The third-order valence-electron chi connectivity index (χ3n) is 3.71. The number of benzene rings is 2. The van der Waals surface area contributed by atoms with E-state index >= 15 is 0 Å².